The second-order valence-electron chi connectivity index (χ2n) is 8.56. The van der Waals surface area contributed by atoms with Crippen LogP contribution in [0.1, 0.15) is 15.9 Å². The topological polar surface area (TPSA) is 104 Å². The largest absolute Gasteiger partial charge is 0.394 e. The molecule has 9 nitrogen and oxygen atoms in total. The van der Waals surface area contributed by atoms with Gasteiger partial charge in [0, 0.05) is 37.5 Å². The molecule has 178 valence electrons. The maximum Gasteiger partial charge on any atom is 0.254 e. The molecule has 1 aromatic carbocycles. The minimum absolute atomic E-state index is 0.0152. The molecule has 0 saturated carbocycles. The van der Waals surface area contributed by atoms with Gasteiger partial charge in [-0.1, -0.05) is 6.07 Å². The number of pyridine rings is 2. The highest BCUT2D eigenvalue weighted by Gasteiger charge is 2.27. The van der Waals surface area contributed by atoms with Crippen molar-refractivity contribution in [1.82, 2.24) is 19.7 Å². The summed E-state index contributed by atoms with van der Waals surface area (Å²) >= 11 is 0. The van der Waals surface area contributed by atoms with Crippen molar-refractivity contribution in [2.24, 2.45) is 0 Å². The summed E-state index contributed by atoms with van der Waals surface area (Å²) < 4.78 is 20.9. The first-order valence-electron chi connectivity index (χ1n) is 11.4. The first-order chi connectivity index (χ1) is 17.1. The number of morpholine rings is 1. The lowest BCUT2D eigenvalue weighted by Crippen LogP contribution is -2.44. The van der Waals surface area contributed by atoms with Crippen LogP contribution >= 0.6 is 0 Å². The van der Waals surface area contributed by atoms with Gasteiger partial charge >= 0.3 is 0 Å². The second-order valence-corrected chi connectivity index (χ2v) is 8.56. The fourth-order valence-electron chi connectivity index (χ4n) is 4.70. The van der Waals surface area contributed by atoms with Gasteiger partial charge in [-0.15, -0.1) is 0 Å². The number of aromatic nitrogens is 3. The molecule has 10 heteroatoms. The monoisotopic (exact) mass is 474 g/mol. The first kappa shape index (κ1) is 21.5. The quantitative estimate of drug-likeness (QED) is 0.409. The molecule has 0 radical (unpaired) electrons. The van der Waals surface area contributed by atoms with Crippen LogP contribution in [0.4, 0.5) is 21.6 Å². The highest BCUT2D eigenvalue weighted by Crippen LogP contribution is 2.35. The van der Waals surface area contributed by atoms with Crippen LogP contribution in [0.25, 0.3) is 16.9 Å². The van der Waals surface area contributed by atoms with Crippen LogP contribution in [0.2, 0.25) is 0 Å². The van der Waals surface area contributed by atoms with Crippen LogP contribution in [0.5, 0.6) is 0 Å². The summed E-state index contributed by atoms with van der Waals surface area (Å²) in [7, 11) is 0. The van der Waals surface area contributed by atoms with Gasteiger partial charge in [-0.2, -0.15) is 0 Å². The third-order valence-corrected chi connectivity index (χ3v) is 6.44. The van der Waals surface area contributed by atoms with Crippen molar-refractivity contribution in [3.63, 3.8) is 0 Å². The Morgan fingerprint density at radius 3 is 2.94 bits per heavy atom. The fourth-order valence-corrected chi connectivity index (χ4v) is 4.70. The number of imidazole rings is 1. The molecule has 1 fully saturated rings. The fraction of sp³-hybridized carbons (Fsp3) is 0.240. The predicted octanol–water partition coefficient (Wildman–Crippen LogP) is 2.72. The van der Waals surface area contributed by atoms with Crippen molar-refractivity contribution < 1.29 is 19.0 Å². The van der Waals surface area contributed by atoms with E-state index in [1.807, 2.05) is 28.7 Å². The lowest BCUT2D eigenvalue weighted by Gasteiger charge is -2.33. The minimum atomic E-state index is -0.350. The van der Waals surface area contributed by atoms with E-state index in [9.17, 15) is 14.3 Å². The molecule has 3 N–H and O–H groups in total. The third kappa shape index (κ3) is 3.86. The summed E-state index contributed by atoms with van der Waals surface area (Å²) in [6.07, 6.45) is 4.90. The van der Waals surface area contributed by atoms with Gasteiger partial charge in [-0.3, -0.25) is 9.20 Å². The SMILES string of the molecule is O=C1NCc2c(-c3cnc4cc(F)ccn34)ccc(Nc3ccc(N4CCO[C@H](CO)C4)cn3)c21. The number of aliphatic hydroxyl groups is 1. The smallest absolute Gasteiger partial charge is 0.254 e. The number of halogens is 1. The number of fused-ring (bicyclic) bond motifs is 2. The Bertz CT molecular complexity index is 1420. The molecule has 1 atom stereocenters. The second kappa shape index (κ2) is 8.64. The molecule has 1 saturated heterocycles. The van der Waals surface area contributed by atoms with Gasteiger partial charge in [0.05, 0.1) is 54.3 Å². The number of benzene rings is 1. The predicted molar refractivity (Wildman–Crippen MR) is 128 cm³/mol. The molecule has 0 bridgehead atoms. The number of carbonyl (C=O) groups excluding carboxylic acids is 1. The number of carbonyl (C=O) groups is 1. The molecule has 6 rings (SSSR count). The van der Waals surface area contributed by atoms with Crippen LogP contribution in [0.15, 0.2) is 55.0 Å². The van der Waals surface area contributed by atoms with Crippen LogP contribution in [0.3, 0.4) is 0 Å². The van der Waals surface area contributed by atoms with Gasteiger partial charge < -0.3 is 25.4 Å². The zero-order chi connectivity index (χ0) is 23.9. The number of amides is 1. The molecule has 5 heterocycles. The van der Waals surface area contributed by atoms with Crippen molar-refractivity contribution in [3.8, 4) is 11.3 Å². The number of hydrogen-bond donors (Lipinski definition) is 3. The Kier molecular flexibility index (Phi) is 5.31. The number of aliphatic hydroxyl groups excluding tert-OH is 1. The molecular weight excluding hydrogens is 451 g/mol. The van der Waals surface area contributed by atoms with E-state index in [4.69, 9.17) is 4.74 Å². The average Bonchev–Trinajstić information content (AvgIpc) is 3.48. The van der Waals surface area contributed by atoms with E-state index < -0.39 is 0 Å². The zero-order valence-corrected chi connectivity index (χ0v) is 18.7. The minimum Gasteiger partial charge on any atom is -0.394 e. The van der Waals surface area contributed by atoms with E-state index in [0.717, 1.165) is 29.1 Å². The van der Waals surface area contributed by atoms with E-state index >= 15 is 0 Å². The van der Waals surface area contributed by atoms with Crippen molar-refractivity contribution in [1.29, 1.82) is 0 Å². The summed E-state index contributed by atoms with van der Waals surface area (Å²) in [6, 6.07) is 10.4. The Morgan fingerprint density at radius 2 is 2.11 bits per heavy atom. The molecule has 0 aliphatic carbocycles. The molecule has 0 spiro atoms. The van der Waals surface area contributed by atoms with Crippen LogP contribution in [0, 0.1) is 5.82 Å². The average molecular weight is 474 g/mol. The van der Waals surface area contributed by atoms with Crippen molar-refractivity contribution >= 4 is 28.7 Å². The standard InChI is InChI=1S/C25H23FN6O3/c26-15-5-6-32-21(12-28-23(32)9-15)18-2-3-20(24-19(18)11-29-25(24)34)30-22-4-1-16(10-27-22)31-7-8-35-17(13-31)14-33/h1-6,9-10,12,17,33H,7-8,11,13-14H2,(H,27,30)(H,29,34)/t17-/m0/s1. The summed E-state index contributed by atoms with van der Waals surface area (Å²) in [6.45, 7) is 2.27. The highest BCUT2D eigenvalue weighted by atomic mass is 19.1. The molecule has 0 unspecified atom stereocenters. The Morgan fingerprint density at radius 1 is 1.20 bits per heavy atom. The lowest BCUT2D eigenvalue weighted by atomic mass is 9.99. The number of rotatable bonds is 5. The Labute approximate surface area is 200 Å². The summed E-state index contributed by atoms with van der Waals surface area (Å²) in [5, 5.41) is 15.6. The van der Waals surface area contributed by atoms with E-state index in [2.05, 4.69) is 25.5 Å². The molecule has 2 aliphatic rings. The molecular formula is C25H23FN6O3. The highest BCUT2D eigenvalue weighted by molar-refractivity contribution is 6.06. The Balaban J connectivity index is 1.30. The maximum absolute atomic E-state index is 13.6. The molecule has 1 amide bonds. The van der Waals surface area contributed by atoms with Crippen LogP contribution in [-0.2, 0) is 11.3 Å². The van der Waals surface area contributed by atoms with Crippen molar-refractivity contribution in [2.45, 2.75) is 12.6 Å². The number of nitrogens with zero attached hydrogens (tertiary/aromatic N) is 4. The van der Waals surface area contributed by atoms with Crippen molar-refractivity contribution in [3.05, 3.63) is 71.9 Å². The molecule has 35 heavy (non-hydrogen) atoms. The van der Waals surface area contributed by atoms with Gasteiger partial charge in [0.15, 0.2) is 0 Å². The molecule has 3 aromatic heterocycles. The number of hydrogen-bond acceptors (Lipinski definition) is 7. The van der Waals surface area contributed by atoms with Crippen LogP contribution < -0.4 is 15.5 Å². The van der Waals surface area contributed by atoms with E-state index in [1.165, 1.54) is 12.1 Å². The third-order valence-electron chi connectivity index (χ3n) is 6.44. The van der Waals surface area contributed by atoms with Gasteiger partial charge in [-0.25, -0.2) is 14.4 Å². The van der Waals surface area contributed by atoms with Gasteiger partial charge in [0.25, 0.3) is 5.91 Å². The zero-order valence-electron chi connectivity index (χ0n) is 18.7. The Hall–Kier alpha value is -4.02. The molecule has 2 aliphatic heterocycles. The number of ether oxygens (including phenoxy) is 1. The number of anilines is 3. The van der Waals surface area contributed by atoms with Crippen molar-refractivity contribution in [2.75, 3.05) is 36.5 Å². The van der Waals surface area contributed by atoms with Gasteiger partial charge in [0.2, 0.25) is 0 Å². The van der Waals surface area contributed by atoms with E-state index in [0.29, 0.717) is 42.4 Å². The molecule has 4 aromatic rings. The van der Waals surface area contributed by atoms with Crippen LogP contribution in [-0.4, -0.2) is 57.8 Å². The normalized spacial score (nSPS) is 17.5. The first-order valence-corrected chi connectivity index (χ1v) is 11.4. The lowest BCUT2D eigenvalue weighted by molar-refractivity contribution is 0.00355. The summed E-state index contributed by atoms with van der Waals surface area (Å²) in [5.74, 6) is 0.0986. The van der Waals surface area contributed by atoms with E-state index in [1.54, 1.807) is 18.6 Å². The van der Waals surface area contributed by atoms with Gasteiger partial charge in [-0.05, 0) is 29.8 Å². The maximum atomic E-state index is 13.6. The van der Waals surface area contributed by atoms with Gasteiger partial charge in [0.1, 0.15) is 17.3 Å². The summed E-state index contributed by atoms with van der Waals surface area (Å²) in [5.41, 5.74) is 5.16. The number of nitrogens with one attached hydrogen (secondary N) is 2. The van der Waals surface area contributed by atoms with E-state index in [-0.39, 0.29) is 24.4 Å². The summed E-state index contributed by atoms with van der Waals surface area (Å²) in [4.78, 5) is 23.7.